The Labute approximate surface area is 153 Å². The second-order valence-electron chi connectivity index (χ2n) is 6.52. The predicted octanol–water partition coefficient (Wildman–Crippen LogP) is 3.28. The Kier molecular flexibility index (Phi) is 6.89. The Morgan fingerprint density at radius 3 is 2.68 bits per heavy atom. The highest BCUT2D eigenvalue weighted by Crippen LogP contribution is 2.27. The molecule has 0 unspecified atom stereocenters. The first-order valence-electron chi connectivity index (χ1n) is 8.52. The number of ether oxygens (including phenoxy) is 1. The van der Waals surface area contributed by atoms with Gasteiger partial charge in [-0.15, -0.1) is 11.8 Å². The zero-order valence-electron chi connectivity index (χ0n) is 14.8. The third kappa shape index (κ3) is 5.79. The fourth-order valence-corrected chi connectivity index (χ4v) is 3.83. The fourth-order valence-electron chi connectivity index (χ4n) is 2.91. The molecule has 2 rings (SSSR count). The molecule has 0 saturated heterocycles. The van der Waals surface area contributed by atoms with E-state index in [1.54, 1.807) is 0 Å². The zero-order chi connectivity index (χ0) is 18.3. The summed E-state index contributed by atoms with van der Waals surface area (Å²) in [5.41, 5.74) is 1.44. The molecule has 1 saturated carbocycles. The predicted molar refractivity (Wildman–Crippen MR) is 97.2 cm³/mol. The molecule has 1 aliphatic carbocycles. The maximum Gasteiger partial charge on any atom is 0.316 e. The van der Waals surface area contributed by atoms with Gasteiger partial charge < -0.3 is 10.1 Å². The molecular formula is C19H24N2O3S. The Morgan fingerprint density at radius 1 is 1.28 bits per heavy atom. The van der Waals surface area contributed by atoms with Crippen molar-refractivity contribution in [3.8, 4) is 6.07 Å². The smallest absolute Gasteiger partial charge is 0.316 e. The minimum atomic E-state index is -0.796. The maximum absolute atomic E-state index is 12.0. The number of benzene rings is 1. The molecule has 0 spiro atoms. The Hall–Kier alpha value is -2.00. The van der Waals surface area contributed by atoms with E-state index in [1.165, 1.54) is 11.8 Å². The standard InChI is InChI=1S/C19H24N2O3S/c1-14-6-7-15(2)16(10-14)25-12-18(23)24-11-17(22)21-19(13-20)8-4-3-5-9-19/h6-7,10H,3-5,8-9,11-12H2,1-2H3,(H,21,22). The van der Waals surface area contributed by atoms with Crippen molar-refractivity contribution in [2.45, 2.75) is 56.4 Å². The molecular weight excluding hydrogens is 336 g/mol. The first kappa shape index (κ1) is 19.3. The van der Waals surface area contributed by atoms with Crippen LogP contribution in [0.15, 0.2) is 23.1 Å². The molecule has 1 N–H and O–H groups in total. The lowest BCUT2D eigenvalue weighted by Gasteiger charge is -2.31. The summed E-state index contributed by atoms with van der Waals surface area (Å²) in [6.07, 6.45) is 4.27. The summed E-state index contributed by atoms with van der Waals surface area (Å²) in [5.74, 6) is -0.690. The number of nitrogens with one attached hydrogen (secondary N) is 1. The van der Waals surface area contributed by atoms with Crippen molar-refractivity contribution >= 4 is 23.6 Å². The van der Waals surface area contributed by atoms with Crippen LogP contribution in [0.1, 0.15) is 43.2 Å². The van der Waals surface area contributed by atoms with Crippen LogP contribution in [0.4, 0.5) is 0 Å². The van der Waals surface area contributed by atoms with E-state index in [2.05, 4.69) is 11.4 Å². The Morgan fingerprint density at radius 2 is 2.00 bits per heavy atom. The summed E-state index contributed by atoms with van der Waals surface area (Å²) in [6.45, 7) is 3.66. The topological polar surface area (TPSA) is 79.2 Å². The summed E-state index contributed by atoms with van der Waals surface area (Å²) in [6, 6.07) is 8.29. The van der Waals surface area contributed by atoms with Gasteiger partial charge in [0.15, 0.2) is 6.61 Å². The van der Waals surface area contributed by atoms with Gasteiger partial charge in [0.05, 0.1) is 11.8 Å². The minimum absolute atomic E-state index is 0.154. The van der Waals surface area contributed by atoms with Crippen molar-refractivity contribution in [3.63, 3.8) is 0 Å². The van der Waals surface area contributed by atoms with E-state index in [4.69, 9.17) is 4.74 Å². The van der Waals surface area contributed by atoms with E-state index in [9.17, 15) is 14.9 Å². The summed E-state index contributed by atoms with van der Waals surface area (Å²) in [4.78, 5) is 24.9. The molecule has 0 atom stereocenters. The molecule has 25 heavy (non-hydrogen) atoms. The number of amides is 1. The average Bonchev–Trinajstić information content (AvgIpc) is 2.61. The van der Waals surface area contributed by atoms with Crippen LogP contribution in [0, 0.1) is 25.2 Å². The highest BCUT2D eigenvalue weighted by Gasteiger charge is 2.33. The summed E-state index contributed by atoms with van der Waals surface area (Å²) in [7, 11) is 0. The first-order valence-corrected chi connectivity index (χ1v) is 9.51. The van der Waals surface area contributed by atoms with Gasteiger partial charge in [-0.1, -0.05) is 37.0 Å². The summed E-state index contributed by atoms with van der Waals surface area (Å²) in [5, 5.41) is 12.1. The van der Waals surface area contributed by atoms with Crippen LogP contribution in [-0.2, 0) is 14.3 Å². The molecule has 134 valence electrons. The molecule has 1 aromatic rings. The summed E-state index contributed by atoms with van der Waals surface area (Å²) < 4.78 is 5.05. The maximum atomic E-state index is 12.0. The fraction of sp³-hybridized carbons (Fsp3) is 0.526. The number of nitrogens with zero attached hydrogens (tertiary/aromatic N) is 1. The normalized spacial score (nSPS) is 15.9. The van der Waals surface area contributed by atoms with Gasteiger partial charge in [-0.25, -0.2) is 0 Å². The van der Waals surface area contributed by atoms with E-state index < -0.39 is 17.4 Å². The molecule has 0 bridgehead atoms. The van der Waals surface area contributed by atoms with Crippen molar-refractivity contribution < 1.29 is 14.3 Å². The monoisotopic (exact) mass is 360 g/mol. The van der Waals surface area contributed by atoms with E-state index >= 15 is 0 Å². The number of aryl methyl sites for hydroxylation is 2. The zero-order valence-corrected chi connectivity index (χ0v) is 15.6. The number of hydrogen-bond donors (Lipinski definition) is 1. The Bertz CT molecular complexity index is 676. The van der Waals surface area contributed by atoms with Gasteiger partial charge in [0.2, 0.25) is 0 Å². The van der Waals surface area contributed by atoms with Gasteiger partial charge in [0.25, 0.3) is 5.91 Å². The third-order valence-electron chi connectivity index (χ3n) is 4.35. The van der Waals surface area contributed by atoms with E-state index in [1.807, 2.05) is 32.0 Å². The number of esters is 1. The van der Waals surface area contributed by atoms with Crippen LogP contribution in [-0.4, -0.2) is 29.8 Å². The lowest BCUT2D eigenvalue weighted by atomic mass is 9.83. The molecule has 0 aliphatic heterocycles. The molecule has 1 aromatic carbocycles. The highest BCUT2D eigenvalue weighted by molar-refractivity contribution is 8.00. The molecule has 0 radical (unpaired) electrons. The van der Waals surface area contributed by atoms with E-state index in [0.29, 0.717) is 12.8 Å². The van der Waals surface area contributed by atoms with Gasteiger partial charge >= 0.3 is 5.97 Å². The van der Waals surface area contributed by atoms with Crippen molar-refractivity contribution in [2.24, 2.45) is 0 Å². The Balaban J connectivity index is 1.76. The second-order valence-corrected chi connectivity index (χ2v) is 7.54. The molecule has 1 aliphatic rings. The van der Waals surface area contributed by atoms with Gasteiger partial charge in [-0.05, 0) is 38.3 Å². The second kappa shape index (κ2) is 8.91. The van der Waals surface area contributed by atoms with E-state index in [0.717, 1.165) is 35.3 Å². The molecule has 0 heterocycles. The number of rotatable bonds is 6. The average molecular weight is 360 g/mol. The SMILES string of the molecule is Cc1ccc(C)c(SCC(=O)OCC(=O)NC2(C#N)CCCCC2)c1. The molecule has 1 fully saturated rings. The van der Waals surface area contributed by atoms with E-state index in [-0.39, 0.29) is 12.4 Å². The molecule has 1 amide bonds. The molecule has 0 aromatic heterocycles. The van der Waals surface area contributed by atoms with Crippen molar-refractivity contribution in [1.82, 2.24) is 5.32 Å². The van der Waals surface area contributed by atoms with Crippen LogP contribution in [0.25, 0.3) is 0 Å². The lowest BCUT2D eigenvalue weighted by molar-refractivity contribution is -0.146. The first-order chi connectivity index (χ1) is 11.9. The quantitative estimate of drug-likeness (QED) is 0.622. The number of thioether (sulfide) groups is 1. The van der Waals surface area contributed by atoms with Crippen LogP contribution in [0.5, 0.6) is 0 Å². The van der Waals surface area contributed by atoms with Gasteiger partial charge in [-0.3, -0.25) is 9.59 Å². The minimum Gasteiger partial charge on any atom is -0.455 e. The molecule has 6 heteroatoms. The molecule has 5 nitrogen and oxygen atoms in total. The largest absolute Gasteiger partial charge is 0.455 e. The van der Waals surface area contributed by atoms with Gasteiger partial charge in [0.1, 0.15) is 5.54 Å². The van der Waals surface area contributed by atoms with Crippen LogP contribution < -0.4 is 5.32 Å². The van der Waals surface area contributed by atoms with Gasteiger partial charge in [-0.2, -0.15) is 5.26 Å². The summed E-state index contributed by atoms with van der Waals surface area (Å²) >= 11 is 1.40. The number of nitriles is 1. The van der Waals surface area contributed by atoms with Crippen molar-refractivity contribution in [1.29, 1.82) is 5.26 Å². The van der Waals surface area contributed by atoms with Gasteiger partial charge in [0, 0.05) is 4.90 Å². The number of hydrogen-bond acceptors (Lipinski definition) is 5. The third-order valence-corrected chi connectivity index (χ3v) is 5.48. The highest BCUT2D eigenvalue weighted by atomic mass is 32.2. The van der Waals surface area contributed by atoms with Crippen LogP contribution >= 0.6 is 11.8 Å². The van der Waals surface area contributed by atoms with Crippen LogP contribution in [0.3, 0.4) is 0 Å². The van der Waals surface area contributed by atoms with Crippen LogP contribution in [0.2, 0.25) is 0 Å². The lowest BCUT2D eigenvalue weighted by Crippen LogP contribution is -2.50. The number of carbonyl (C=O) groups is 2. The van der Waals surface area contributed by atoms with Crippen molar-refractivity contribution in [2.75, 3.05) is 12.4 Å². The van der Waals surface area contributed by atoms with Crippen molar-refractivity contribution in [3.05, 3.63) is 29.3 Å². The number of carbonyl (C=O) groups excluding carboxylic acids is 2.